The first kappa shape index (κ1) is 34.9. The van der Waals surface area contributed by atoms with Crippen LogP contribution in [0.3, 0.4) is 0 Å². The van der Waals surface area contributed by atoms with Gasteiger partial charge < -0.3 is 46.3 Å². The van der Waals surface area contributed by atoms with Gasteiger partial charge >= 0.3 is 0 Å². The Labute approximate surface area is 289 Å². The fraction of sp³-hybridized carbons (Fsp3) is 0.500. The molecule has 1 aromatic carbocycles. The number of hydrogen-bond acceptors (Lipinski definition) is 8. The number of benzene rings is 1. The van der Waals surface area contributed by atoms with Gasteiger partial charge in [0.1, 0.15) is 18.3 Å². The van der Waals surface area contributed by atoms with Crippen molar-refractivity contribution in [2.75, 3.05) is 6.54 Å². The summed E-state index contributed by atoms with van der Waals surface area (Å²) in [5, 5.41) is 59.0. The minimum absolute atomic E-state index is 0.0935. The van der Waals surface area contributed by atoms with E-state index in [4.69, 9.17) is 10.5 Å². The highest BCUT2D eigenvalue weighted by Gasteiger charge is 2.42. The highest BCUT2D eigenvalue weighted by atomic mass is 16.5. The van der Waals surface area contributed by atoms with Gasteiger partial charge in [0.05, 0.1) is 18.0 Å². The van der Waals surface area contributed by atoms with Crippen molar-refractivity contribution in [3.05, 3.63) is 95.6 Å². The van der Waals surface area contributed by atoms with Crippen molar-refractivity contribution in [1.29, 1.82) is 0 Å². The van der Waals surface area contributed by atoms with E-state index in [1.54, 1.807) is 18.2 Å². The molecule has 2 aromatic rings. The molecule has 9 heteroatoms. The molecule has 11 unspecified atom stereocenters. The number of dihydropyridines is 1. The van der Waals surface area contributed by atoms with Crippen molar-refractivity contribution in [2.45, 2.75) is 88.3 Å². The number of aliphatic hydroxyl groups is 4. The number of phenolic OH excluding ortho intramolecular Hbond substituents is 1. The van der Waals surface area contributed by atoms with E-state index in [1.165, 1.54) is 0 Å². The van der Waals surface area contributed by atoms with Crippen LogP contribution in [-0.4, -0.2) is 67.6 Å². The third-order valence-electron chi connectivity index (χ3n) is 10.8. The quantitative estimate of drug-likeness (QED) is 0.153. The third-order valence-corrected chi connectivity index (χ3v) is 10.8. The molecule has 0 spiro atoms. The Morgan fingerprint density at radius 1 is 1.00 bits per heavy atom. The van der Waals surface area contributed by atoms with Crippen LogP contribution >= 0.6 is 0 Å². The molecular weight excluding hydrogens is 618 g/mol. The van der Waals surface area contributed by atoms with Gasteiger partial charge in [0.2, 0.25) is 0 Å². The number of nitrogens with two attached hydrogens (primary N) is 1. The van der Waals surface area contributed by atoms with Crippen LogP contribution in [0.25, 0.3) is 0 Å². The van der Waals surface area contributed by atoms with Crippen LogP contribution in [-0.2, 0) is 6.42 Å². The monoisotopic (exact) mass is 669 g/mol. The number of H-pyrrole nitrogens is 1. The summed E-state index contributed by atoms with van der Waals surface area (Å²) in [7, 11) is 0. The van der Waals surface area contributed by atoms with E-state index in [1.807, 2.05) is 42.6 Å². The Morgan fingerprint density at radius 3 is 2.61 bits per heavy atom. The molecule has 9 nitrogen and oxygen atoms in total. The summed E-state index contributed by atoms with van der Waals surface area (Å²) in [4.78, 5) is 3.28. The second kappa shape index (κ2) is 15.7. The van der Waals surface area contributed by atoms with E-state index in [2.05, 4.69) is 41.2 Å². The topological polar surface area (TPSA) is 164 Å². The Balaban J connectivity index is 1.30. The lowest BCUT2D eigenvalue weighted by Crippen LogP contribution is -2.50. The van der Waals surface area contributed by atoms with Crippen LogP contribution in [0.2, 0.25) is 0 Å². The van der Waals surface area contributed by atoms with Crippen molar-refractivity contribution in [3.63, 3.8) is 0 Å². The molecule has 9 N–H and O–H groups in total. The fourth-order valence-corrected chi connectivity index (χ4v) is 7.98. The Kier molecular flexibility index (Phi) is 11.2. The van der Waals surface area contributed by atoms with Crippen LogP contribution in [0.1, 0.15) is 62.6 Å². The largest absolute Gasteiger partial charge is 0.504 e. The number of phenols is 1. The van der Waals surface area contributed by atoms with Crippen LogP contribution < -0.4 is 15.8 Å². The number of aromatic amines is 1. The van der Waals surface area contributed by atoms with Crippen LogP contribution in [0.5, 0.6) is 11.5 Å². The molecule has 2 heterocycles. The van der Waals surface area contributed by atoms with Crippen molar-refractivity contribution < 1.29 is 30.3 Å². The molecule has 0 radical (unpaired) electrons. The second-order valence-electron chi connectivity index (χ2n) is 14.1. The summed E-state index contributed by atoms with van der Waals surface area (Å²) in [6.07, 6.45) is 14.2. The zero-order valence-corrected chi connectivity index (χ0v) is 28.2. The number of hydrogen-bond donors (Lipinski definition) is 8. The Morgan fingerprint density at radius 2 is 1.84 bits per heavy atom. The summed E-state index contributed by atoms with van der Waals surface area (Å²) in [6.45, 7) is 2.72. The number of nitrogens with one attached hydrogen (secondary N) is 2. The summed E-state index contributed by atoms with van der Waals surface area (Å²) >= 11 is 0. The molecule has 49 heavy (non-hydrogen) atoms. The van der Waals surface area contributed by atoms with Crippen molar-refractivity contribution in [1.82, 2.24) is 10.3 Å². The first-order valence-electron chi connectivity index (χ1n) is 17.8. The van der Waals surface area contributed by atoms with E-state index in [-0.39, 0.29) is 35.2 Å². The van der Waals surface area contributed by atoms with E-state index in [9.17, 15) is 25.5 Å². The molecule has 0 saturated heterocycles. The van der Waals surface area contributed by atoms with Crippen molar-refractivity contribution >= 4 is 0 Å². The maximum atomic E-state index is 11.5. The first-order chi connectivity index (χ1) is 23.7. The number of aromatic nitrogens is 1. The molecule has 11 atom stereocenters. The lowest BCUT2D eigenvalue weighted by Gasteiger charge is -2.39. The van der Waals surface area contributed by atoms with Gasteiger partial charge in [-0.05, 0) is 79.5 Å². The van der Waals surface area contributed by atoms with Gasteiger partial charge in [0.25, 0.3) is 0 Å². The first-order valence-corrected chi connectivity index (χ1v) is 17.8. The lowest BCUT2D eigenvalue weighted by atomic mass is 9.74. The van der Waals surface area contributed by atoms with Crippen LogP contribution in [0.15, 0.2) is 84.4 Å². The van der Waals surface area contributed by atoms with E-state index in [0.29, 0.717) is 37.5 Å². The van der Waals surface area contributed by atoms with Gasteiger partial charge in [-0.25, -0.2) is 0 Å². The molecule has 0 amide bonds. The van der Waals surface area contributed by atoms with Gasteiger partial charge in [-0.2, -0.15) is 0 Å². The van der Waals surface area contributed by atoms with Crippen LogP contribution in [0, 0.1) is 41.4 Å². The average Bonchev–Trinajstić information content (AvgIpc) is 3.55. The van der Waals surface area contributed by atoms with Gasteiger partial charge in [0, 0.05) is 48.0 Å². The summed E-state index contributed by atoms with van der Waals surface area (Å²) in [5.74, 6) is 6.35. The third kappa shape index (κ3) is 8.11. The standard InChI is InChI=1S/C40H51N3O6/c1-2-24-6-3-4-8-33(45)38-25(10-9-24)11-12-26(20-35(38)47)27-13-15-32(44)36(21-27)49-40-30(14-16-34(46)39(40)48)31(23-29-7-5-18-42-29)28-17-19-43-37(41)22-28/h5,7,11-18,21-22,24-26,30-31,33-35,38-40,42-48H,2-4,6,8,19-20,23,41H2,1H3. The van der Waals surface area contributed by atoms with E-state index >= 15 is 0 Å². The Hall–Kier alpha value is -3.94. The zero-order chi connectivity index (χ0) is 34.5. The molecular formula is C40H51N3O6. The number of aromatic hydroxyl groups is 1. The summed E-state index contributed by atoms with van der Waals surface area (Å²) < 4.78 is 6.52. The van der Waals surface area contributed by atoms with Crippen LogP contribution in [0.4, 0.5) is 0 Å². The number of rotatable bonds is 8. The molecule has 0 bridgehead atoms. The molecule has 6 rings (SSSR count). The number of ether oxygens (including phenoxy) is 1. The normalized spacial score (nSPS) is 33.8. The predicted octanol–water partition coefficient (Wildman–Crippen LogP) is 4.17. The highest BCUT2D eigenvalue weighted by Crippen LogP contribution is 2.41. The van der Waals surface area contributed by atoms with Crippen molar-refractivity contribution in [3.8, 4) is 23.3 Å². The predicted molar refractivity (Wildman–Crippen MR) is 189 cm³/mol. The molecule has 0 saturated carbocycles. The van der Waals surface area contributed by atoms with Crippen molar-refractivity contribution in [2.24, 2.45) is 35.3 Å². The smallest absolute Gasteiger partial charge is 0.161 e. The van der Waals surface area contributed by atoms with Gasteiger partial charge in [-0.15, -0.1) is 0 Å². The number of fused-ring (bicyclic) bond motifs is 1. The maximum absolute atomic E-state index is 11.5. The van der Waals surface area contributed by atoms with Gasteiger partial charge in [-0.3, -0.25) is 0 Å². The molecule has 4 aliphatic rings. The summed E-state index contributed by atoms with van der Waals surface area (Å²) in [5.41, 5.74) is 8.99. The van der Waals surface area contributed by atoms with Gasteiger partial charge in [-0.1, -0.05) is 68.1 Å². The SMILES string of the molecule is CCC1C#CC2C=CC(c3ccc(O)c(OC4C(O)C(O)C=CC4C(Cc4ccc[nH]4)C4=CCNC(N)=C4)c3)CC(O)C2C(O)CCCC1. The lowest BCUT2D eigenvalue weighted by molar-refractivity contribution is -0.0608. The molecule has 262 valence electrons. The fourth-order valence-electron chi connectivity index (χ4n) is 7.98. The summed E-state index contributed by atoms with van der Waals surface area (Å²) in [6, 6.07) is 9.09. The average molecular weight is 670 g/mol. The molecule has 1 aliphatic heterocycles. The molecule has 0 fully saturated rings. The number of allylic oxidation sites excluding steroid dienone is 4. The van der Waals surface area contributed by atoms with E-state index < -0.39 is 36.4 Å². The molecule has 3 aliphatic carbocycles. The molecule has 1 aromatic heterocycles. The minimum Gasteiger partial charge on any atom is -0.504 e. The van der Waals surface area contributed by atoms with Gasteiger partial charge in [0.15, 0.2) is 11.5 Å². The maximum Gasteiger partial charge on any atom is 0.161 e. The Bertz CT molecular complexity index is 1600. The minimum atomic E-state index is -1.26. The second-order valence-corrected chi connectivity index (χ2v) is 14.1. The van der Waals surface area contributed by atoms with E-state index in [0.717, 1.165) is 42.5 Å². The number of aliphatic hydroxyl groups excluding tert-OH is 4. The highest BCUT2D eigenvalue weighted by molar-refractivity contribution is 5.45. The zero-order valence-electron chi connectivity index (χ0n) is 28.2.